The Morgan fingerprint density at radius 1 is 1.29 bits per heavy atom. The summed E-state index contributed by atoms with van der Waals surface area (Å²) in [7, 11) is 0. The lowest BCUT2D eigenvalue weighted by atomic mass is 10.2. The molecule has 0 fully saturated rings. The molecule has 104 valence electrons. The van der Waals surface area contributed by atoms with E-state index in [0.29, 0.717) is 10.6 Å². The summed E-state index contributed by atoms with van der Waals surface area (Å²) in [6.45, 7) is 3.68. The first-order valence-electron chi connectivity index (χ1n) is 6.29. The molecule has 0 aliphatic heterocycles. The molecule has 0 atom stereocenters. The van der Waals surface area contributed by atoms with Crippen LogP contribution in [0.15, 0.2) is 55.4 Å². The number of thiophene rings is 1. The minimum absolute atomic E-state index is 0.274. The highest BCUT2D eigenvalue weighted by Crippen LogP contribution is 2.24. The third-order valence-corrected chi connectivity index (χ3v) is 4.01. The van der Waals surface area contributed by atoms with Crippen LogP contribution >= 0.6 is 11.3 Å². The van der Waals surface area contributed by atoms with E-state index in [1.165, 1.54) is 11.3 Å². The van der Waals surface area contributed by atoms with Crippen LogP contribution in [0.25, 0.3) is 16.2 Å². The van der Waals surface area contributed by atoms with Crippen LogP contribution in [0.3, 0.4) is 0 Å². The van der Waals surface area contributed by atoms with E-state index in [0.717, 1.165) is 15.6 Å². The van der Waals surface area contributed by atoms with Gasteiger partial charge < -0.3 is 4.84 Å². The van der Waals surface area contributed by atoms with Crippen molar-refractivity contribution in [2.45, 2.75) is 0 Å². The number of aromatic nitrogens is 1. The molecule has 0 unspecified atom stereocenters. The molecule has 5 heteroatoms. The molecule has 3 rings (SSSR count). The minimum atomic E-state index is -0.274. The highest BCUT2D eigenvalue weighted by molar-refractivity contribution is 7.20. The molecule has 0 radical (unpaired) electrons. The molecule has 0 aliphatic carbocycles. The van der Waals surface area contributed by atoms with E-state index < -0.39 is 0 Å². The first-order valence-corrected chi connectivity index (χ1v) is 7.11. The minimum Gasteiger partial charge on any atom is -0.379 e. The Balaban J connectivity index is 1.69. The van der Waals surface area contributed by atoms with Crippen molar-refractivity contribution in [2.24, 2.45) is 0 Å². The van der Waals surface area contributed by atoms with E-state index in [-0.39, 0.29) is 5.91 Å². The fraction of sp³-hybridized carbons (Fsp3) is 0. The summed E-state index contributed by atoms with van der Waals surface area (Å²) in [6.07, 6.45) is 5.19. The number of carbonyl (C=O) groups excluding carboxylic acids is 1. The Morgan fingerprint density at radius 2 is 2.10 bits per heavy atom. The van der Waals surface area contributed by atoms with E-state index in [9.17, 15) is 4.79 Å². The highest BCUT2D eigenvalue weighted by Gasteiger charge is 2.10. The lowest BCUT2D eigenvalue weighted by Gasteiger charge is -2.05. The number of nitrogens with zero attached hydrogens (tertiary/aromatic N) is 1. The summed E-state index contributed by atoms with van der Waals surface area (Å²) in [5, 5.41) is 0.996. The first kappa shape index (κ1) is 13.3. The lowest BCUT2D eigenvalue weighted by Crippen LogP contribution is -2.26. The van der Waals surface area contributed by atoms with Gasteiger partial charge in [0.25, 0.3) is 5.91 Å². The predicted molar refractivity (Wildman–Crippen MR) is 84.2 cm³/mol. The number of fused-ring (bicyclic) bond motifs is 1. The van der Waals surface area contributed by atoms with Gasteiger partial charge in [-0.15, -0.1) is 11.3 Å². The Hall–Kier alpha value is -2.66. The Labute approximate surface area is 125 Å². The van der Waals surface area contributed by atoms with Gasteiger partial charge in [-0.05, 0) is 35.2 Å². The summed E-state index contributed by atoms with van der Waals surface area (Å²) >= 11 is 1.38. The molecule has 2 aromatic heterocycles. The maximum atomic E-state index is 12.0. The summed E-state index contributed by atoms with van der Waals surface area (Å²) in [6, 6.07) is 11.0. The Bertz CT molecular complexity index is 760. The van der Waals surface area contributed by atoms with Crippen molar-refractivity contribution in [3.05, 3.63) is 65.8 Å². The topological polar surface area (TPSA) is 51.2 Å². The van der Waals surface area contributed by atoms with E-state index in [2.05, 4.69) is 17.0 Å². The molecular formula is C16H12N2O2S. The van der Waals surface area contributed by atoms with Gasteiger partial charge in [-0.1, -0.05) is 24.8 Å². The molecule has 4 nitrogen and oxygen atoms in total. The highest BCUT2D eigenvalue weighted by atomic mass is 32.1. The number of amides is 1. The average Bonchev–Trinajstić information content (AvgIpc) is 2.97. The lowest BCUT2D eigenvalue weighted by molar-refractivity contribution is 0.0764. The summed E-state index contributed by atoms with van der Waals surface area (Å²) < 4.78 is 0.970. The molecule has 0 spiro atoms. The van der Waals surface area contributed by atoms with Gasteiger partial charge in [0, 0.05) is 12.4 Å². The second-order valence-corrected chi connectivity index (χ2v) is 5.41. The zero-order valence-corrected chi connectivity index (χ0v) is 11.9. The summed E-state index contributed by atoms with van der Waals surface area (Å²) in [5.74, 6) is 0.292. The van der Waals surface area contributed by atoms with E-state index >= 15 is 0 Å². The van der Waals surface area contributed by atoms with Crippen LogP contribution in [-0.4, -0.2) is 10.9 Å². The van der Waals surface area contributed by atoms with Crippen LogP contribution < -0.4 is 10.3 Å². The third-order valence-electron chi connectivity index (χ3n) is 2.92. The van der Waals surface area contributed by atoms with Gasteiger partial charge >= 0.3 is 0 Å². The zero-order chi connectivity index (χ0) is 14.7. The van der Waals surface area contributed by atoms with E-state index in [1.807, 2.05) is 24.3 Å². The second kappa shape index (κ2) is 5.76. The first-order chi connectivity index (χ1) is 10.3. The van der Waals surface area contributed by atoms with Gasteiger partial charge in [0.15, 0.2) is 5.75 Å². The fourth-order valence-corrected chi connectivity index (χ4v) is 2.74. The molecule has 1 amide bonds. The van der Waals surface area contributed by atoms with Gasteiger partial charge in [-0.3, -0.25) is 9.78 Å². The molecule has 1 aromatic carbocycles. The summed E-state index contributed by atoms with van der Waals surface area (Å²) in [5.41, 5.74) is 3.43. The molecule has 0 aliphatic rings. The van der Waals surface area contributed by atoms with Crippen molar-refractivity contribution >= 4 is 33.4 Å². The number of hydrogen-bond acceptors (Lipinski definition) is 4. The number of benzene rings is 1. The maximum absolute atomic E-state index is 12.0. The van der Waals surface area contributed by atoms with Gasteiger partial charge in [0.1, 0.15) is 0 Å². The average molecular weight is 296 g/mol. The third kappa shape index (κ3) is 2.93. The number of hydroxylamine groups is 1. The Kier molecular flexibility index (Phi) is 3.66. The van der Waals surface area contributed by atoms with E-state index in [4.69, 9.17) is 4.84 Å². The number of hydrogen-bond donors (Lipinski definition) is 1. The number of nitrogens with one attached hydrogen (secondary N) is 1. The van der Waals surface area contributed by atoms with Crippen molar-refractivity contribution in [1.82, 2.24) is 10.5 Å². The van der Waals surface area contributed by atoms with Crippen LogP contribution in [0.2, 0.25) is 0 Å². The van der Waals surface area contributed by atoms with Gasteiger partial charge in [0.05, 0.1) is 9.58 Å². The number of pyridine rings is 1. The normalized spacial score (nSPS) is 10.3. The van der Waals surface area contributed by atoms with Crippen LogP contribution in [0.5, 0.6) is 5.75 Å². The largest absolute Gasteiger partial charge is 0.379 e. The second-order valence-electron chi connectivity index (χ2n) is 4.33. The molecule has 2 heterocycles. The Morgan fingerprint density at radius 3 is 2.81 bits per heavy atom. The summed E-state index contributed by atoms with van der Waals surface area (Å²) in [4.78, 5) is 21.9. The smallest absolute Gasteiger partial charge is 0.293 e. The van der Waals surface area contributed by atoms with Crippen LogP contribution in [-0.2, 0) is 0 Å². The van der Waals surface area contributed by atoms with Crippen LogP contribution in [0.1, 0.15) is 15.2 Å². The SMILES string of the molecule is C=Cc1ccc(ONC(=O)c2cc3ccncc3s2)cc1. The standard InChI is InChI=1S/C16H12N2O2S/c1-2-11-3-5-13(6-4-11)20-18-16(19)14-9-12-7-8-17-10-15(12)21-14/h2-10H,1H2,(H,18,19). The quantitative estimate of drug-likeness (QED) is 0.747. The molecule has 1 N–H and O–H groups in total. The fourth-order valence-electron chi connectivity index (χ4n) is 1.82. The van der Waals surface area contributed by atoms with Gasteiger partial charge in [-0.2, -0.15) is 5.48 Å². The number of rotatable bonds is 4. The van der Waals surface area contributed by atoms with E-state index in [1.54, 1.807) is 30.6 Å². The zero-order valence-electron chi connectivity index (χ0n) is 11.1. The van der Waals surface area contributed by atoms with Gasteiger partial charge in [-0.25, -0.2) is 0 Å². The molecule has 3 aromatic rings. The number of carbonyl (C=O) groups is 1. The van der Waals surface area contributed by atoms with Crippen LogP contribution in [0, 0.1) is 0 Å². The molecule has 0 bridgehead atoms. The predicted octanol–water partition coefficient (Wildman–Crippen LogP) is 3.66. The van der Waals surface area contributed by atoms with Crippen molar-refractivity contribution < 1.29 is 9.63 Å². The van der Waals surface area contributed by atoms with Crippen LogP contribution in [0.4, 0.5) is 0 Å². The molecule has 0 saturated heterocycles. The van der Waals surface area contributed by atoms with Crippen molar-refractivity contribution in [3.8, 4) is 5.75 Å². The van der Waals surface area contributed by atoms with Crippen molar-refractivity contribution in [3.63, 3.8) is 0 Å². The van der Waals surface area contributed by atoms with Crippen molar-refractivity contribution in [1.29, 1.82) is 0 Å². The van der Waals surface area contributed by atoms with Crippen molar-refractivity contribution in [2.75, 3.05) is 0 Å². The monoisotopic (exact) mass is 296 g/mol. The van der Waals surface area contributed by atoms with Gasteiger partial charge in [0.2, 0.25) is 0 Å². The molecule has 0 saturated carbocycles. The maximum Gasteiger partial charge on any atom is 0.293 e. The molecular weight excluding hydrogens is 284 g/mol. The molecule has 21 heavy (non-hydrogen) atoms.